The summed E-state index contributed by atoms with van der Waals surface area (Å²) >= 11 is 20.5. The molecule has 0 amide bonds. The van der Waals surface area contributed by atoms with Crippen molar-refractivity contribution in [1.82, 2.24) is 0 Å². The lowest BCUT2D eigenvalue weighted by Crippen LogP contribution is -2.53. The maximum atomic E-state index is 5.98. The third kappa shape index (κ3) is 9.48. The van der Waals surface area contributed by atoms with Gasteiger partial charge in [0.05, 0.1) is 0 Å². The summed E-state index contributed by atoms with van der Waals surface area (Å²) in [4.78, 5) is 0. The van der Waals surface area contributed by atoms with E-state index in [9.17, 15) is 0 Å². The van der Waals surface area contributed by atoms with E-state index in [1.165, 1.54) is 128 Å². The zero-order valence-electron chi connectivity index (χ0n) is 22.7. The van der Waals surface area contributed by atoms with Crippen molar-refractivity contribution < 1.29 is 0 Å². The second-order valence-electron chi connectivity index (χ2n) is 10.6. The summed E-state index contributed by atoms with van der Waals surface area (Å²) in [6.07, 6.45) is 27.7. The topological polar surface area (TPSA) is 0 Å². The van der Waals surface area contributed by atoms with Crippen molar-refractivity contribution in [2.45, 2.75) is 163 Å². The standard InChI is InChI=1S/C28H51ClS6/c1-4-7-10-15-20-25-30-26(21-16-11-8-5-2)32-27(31-25,22-17-12-9-6-3)35-28(33-25,34-26)23-18-13-14-19-24-29/h4-24H2,1-3H3. The van der Waals surface area contributed by atoms with Gasteiger partial charge in [-0.1, -0.05) is 117 Å². The van der Waals surface area contributed by atoms with Gasteiger partial charge in [-0.15, -0.1) is 82.2 Å². The molecule has 0 aliphatic carbocycles. The predicted octanol–water partition coefficient (Wildman–Crippen LogP) is 13.1. The average molecular weight is 616 g/mol. The Morgan fingerprint density at radius 3 is 0.886 bits per heavy atom. The first-order valence-corrected chi connectivity index (χ1v) is 20.2. The summed E-state index contributed by atoms with van der Waals surface area (Å²) in [5, 5.41) is 0. The molecule has 35 heavy (non-hydrogen) atoms. The van der Waals surface area contributed by atoms with E-state index in [1.807, 2.05) is 0 Å². The number of rotatable bonds is 21. The van der Waals surface area contributed by atoms with Crippen molar-refractivity contribution in [2.75, 3.05) is 5.88 Å². The van der Waals surface area contributed by atoms with E-state index in [4.69, 9.17) is 11.6 Å². The van der Waals surface area contributed by atoms with Gasteiger partial charge in [-0.05, 0) is 32.1 Å². The molecule has 4 saturated heterocycles. The van der Waals surface area contributed by atoms with Crippen LogP contribution in [0.5, 0.6) is 0 Å². The van der Waals surface area contributed by atoms with E-state index >= 15 is 0 Å². The Kier molecular flexibility index (Phi) is 14.6. The molecule has 0 aromatic heterocycles. The number of thioether (sulfide) groups is 6. The summed E-state index contributed by atoms with van der Waals surface area (Å²) in [7, 11) is 0. The van der Waals surface area contributed by atoms with Crippen LogP contribution in [0.4, 0.5) is 0 Å². The zero-order chi connectivity index (χ0) is 25.1. The smallest absolute Gasteiger partial charge is 0.113 e. The van der Waals surface area contributed by atoms with E-state index in [-0.39, 0.29) is 0 Å². The molecule has 4 aliphatic heterocycles. The molecular weight excluding hydrogens is 564 g/mol. The molecule has 0 nitrogen and oxygen atoms in total. The zero-order valence-corrected chi connectivity index (χ0v) is 28.3. The van der Waals surface area contributed by atoms with E-state index in [0.717, 1.165) is 5.88 Å². The van der Waals surface area contributed by atoms with Crippen LogP contribution in [0.2, 0.25) is 0 Å². The fourth-order valence-corrected chi connectivity index (χ4v) is 27.4. The number of hydrogen-bond donors (Lipinski definition) is 0. The predicted molar refractivity (Wildman–Crippen MR) is 177 cm³/mol. The maximum absolute atomic E-state index is 5.98. The highest BCUT2D eigenvalue weighted by atomic mass is 35.5. The molecule has 0 aromatic carbocycles. The first-order valence-electron chi connectivity index (χ1n) is 14.8. The Bertz CT molecular complexity index is 525. The van der Waals surface area contributed by atoms with Gasteiger partial charge < -0.3 is 0 Å². The molecular formula is C28H51ClS6. The highest BCUT2D eigenvalue weighted by Gasteiger charge is 2.71. The van der Waals surface area contributed by atoms with Gasteiger partial charge in [-0.2, -0.15) is 0 Å². The van der Waals surface area contributed by atoms with Crippen LogP contribution in [-0.4, -0.2) is 19.5 Å². The fourth-order valence-electron chi connectivity index (χ4n) is 5.38. The van der Waals surface area contributed by atoms with Crippen LogP contribution in [0.25, 0.3) is 0 Å². The summed E-state index contributed by atoms with van der Waals surface area (Å²) in [6, 6.07) is 0. The normalized spacial score (nSPS) is 33.6. The Morgan fingerprint density at radius 2 is 0.629 bits per heavy atom. The lowest BCUT2D eigenvalue weighted by Gasteiger charge is -2.67. The van der Waals surface area contributed by atoms with E-state index < -0.39 is 0 Å². The van der Waals surface area contributed by atoms with Gasteiger partial charge in [0.1, 0.15) is 13.6 Å². The lowest BCUT2D eigenvalue weighted by molar-refractivity contribution is 0.614. The summed E-state index contributed by atoms with van der Waals surface area (Å²) < 4.78 is 1.55. The molecule has 0 saturated carbocycles. The number of unbranched alkanes of at least 4 members (excludes halogenated alkanes) is 12. The highest BCUT2D eigenvalue weighted by molar-refractivity contribution is 8.64. The SMILES string of the molecule is CCCCCCC12SC3(CCCCCC)SC(CCCCCC)(S1)SC(CCCCCCCl)(S2)S3. The van der Waals surface area contributed by atoms with Crippen molar-refractivity contribution in [3.05, 3.63) is 0 Å². The van der Waals surface area contributed by atoms with Crippen LogP contribution in [0, 0.1) is 0 Å². The Labute approximate surface area is 249 Å². The average Bonchev–Trinajstić information content (AvgIpc) is 2.81. The molecule has 4 aliphatic rings. The summed E-state index contributed by atoms with van der Waals surface area (Å²) in [5.74, 6) is 0.829. The van der Waals surface area contributed by atoms with Crippen LogP contribution in [-0.2, 0) is 0 Å². The van der Waals surface area contributed by atoms with E-state index in [0.29, 0.717) is 13.6 Å². The van der Waals surface area contributed by atoms with Crippen LogP contribution in [0.1, 0.15) is 149 Å². The molecule has 0 radical (unpaired) electrons. The molecule has 7 heteroatoms. The maximum Gasteiger partial charge on any atom is 0.113 e. The minimum Gasteiger partial charge on any atom is -0.127 e. The molecule has 206 valence electrons. The molecule has 0 atom stereocenters. The van der Waals surface area contributed by atoms with E-state index in [1.54, 1.807) is 0 Å². The quantitative estimate of drug-likeness (QED) is 0.0924. The molecule has 0 spiro atoms. The molecule has 4 heterocycles. The van der Waals surface area contributed by atoms with Gasteiger partial charge in [0.15, 0.2) is 0 Å². The summed E-state index contributed by atoms with van der Waals surface area (Å²) in [6.45, 7) is 7.05. The van der Waals surface area contributed by atoms with Gasteiger partial charge in [0.2, 0.25) is 0 Å². The van der Waals surface area contributed by atoms with Gasteiger partial charge in [0, 0.05) is 5.88 Å². The van der Waals surface area contributed by atoms with Crippen LogP contribution in [0.3, 0.4) is 0 Å². The van der Waals surface area contributed by atoms with Crippen molar-refractivity contribution >= 4 is 82.2 Å². The molecule has 0 unspecified atom stereocenters. The first-order chi connectivity index (χ1) is 17.0. The largest absolute Gasteiger partial charge is 0.127 e. The van der Waals surface area contributed by atoms with Crippen LogP contribution >= 0.6 is 82.2 Å². The molecule has 0 aromatic rings. The number of hydrogen-bond acceptors (Lipinski definition) is 6. The third-order valence-electron chi connectivity index (χ3n) is 7.24. The first kappa shape index (κ1) is 31.9. The van der Waals surface area contributed by atoms with Gasteiger partial charge in [-0.3, -0.25) is 0 Å². The monoisotopic (exact) mass is 614 g/mol. The lowest BCUT2D eigenvalue weighted by atomic mass is 10.2. The Balaban J connectivity index is 1.80. The minimum atomic E-state index is 0.378. The second kappa shape index (κ2) is 16.0. The Hall–Kier alpha value is 2.39. The number of alkyl halides is 1. The van der Waals surface area contributed by atoms with Crippen molar-refractivity contribution in [3.8, 4) is 0 Å². The fraction of sp³-hybridized carbons (Fsp3) is 1.00. The third-order valence-corrected chi connectivity index (χ3v) is 19.7. The van der Waals surface area contributed by atoms with Gasteiger partial charge in [-0.25, -0.2) is 0 Å². The summed E-state index contributed by atoms with van der Waals surface area (Å²) in [5.41, 5.74) is 0. The van der Waals surface area contributed by atoms with Crippen molar-refractivity contribution in [1.29, 1.82) is 0 Å². The van der Waals surface area contributed by atoms with Crippen LogP contribution < -0.4 is 0 Å². The highest BCUT2D eigenvalue weighted by Crippen LogP contribution is 2.91. The molecule has 4 bridgehead atoms. The van der Waals surface area contributed by atoms with Gasteiger partial charge in [0.25, 0.3) is 0 Å². The van der Waals surface area contributed by atoms with Crippen LogP contribution in [0.15, 0.2) is 0 Å². The van der Waals surface area contributed by atoms with E-state index in [2.05, 4.69) is 91.3 Å². The Morgan fingerprint density at radius 1 is 0.371 bits per heavy atom. The van der Waals surface area contributed by atoms with Crippen molar-refractivity contribution in [3.63, 3.8) is 0 Å². The minimum absolute atomic E-state index is 0.378. The molecule has 4 fully saturated rings. The van der Waals surface area contributed by atoms with Gasteiger partial charge >= 0.3 is 0 Å². The molecule has 0 N–H and O–H groups in total. The molecule has 4 rings (SSSR count). The van der Waals surface area contributed by atoms with Crippen molar-refractivity contribution in [2.24, 2.45) is 0 Å². The number of halogens is 1. The second-order valence-corrected chi connectivity index (χ2v) is 23.7.